The molecule has 0 heterocycles. The van der Waals surface area contributed by atoms with E-state index in [1.807, 2.05) is 10.6 Å². The minimum Gasteiger partial charge on any atom is -0.481 e. The van der Waals surface area contributed by atoms with E-state index in [1.54, 1.807) is 30.3 Å². The SMILES string of the molecule is CC(=O)CC(=O)N[C@@H](CC(=O)O)C(=O)N[C@@H](Cc1ccccc1)C(=O)O.CC(=O)CC(=O)N[C@@H](CC(=O)OC(=O)[C@H](CC(=O)O)NC(=O)CC(C)=O)C(=O)O. The Morgan fingerprint density at radius 3 is 1.33 bits per heavy atom. The monoisotopic (exact) mass is 780 g/mol. The number of nitrogens with one attached hydrogen (secondary N) is 4. The number of Topliss-reactive ketones (excluding diaryl/α,β-unsaturated/α-hetero) is 3. The minimum absolute atomic E-state index is 0.0108. The number of hydrogen-bond acceptors (Lipinski definition) is 14. The van der Waals surface area contributed by atoms with E-state index >= 15 is 0 Å². The normalized spacial score (nSPS) is 12.3. The number of aliphatic carboxylic acids is 4. The number of esters is 2. The van der Waals surface area contributed by atoms with Crippen LogP contribution in [0.1, 0.15) is 64.9 Å². The van der Waals surface area contributed by atoms with Crippen molar-refractivity contribution in [3.8, 4) is 0 Å². The second kappa shape index (κ2) is 24.4. The maximum absolute atomic E-state index is 12.3. The van der Waals surface area contributed by atoms with Crippen molar-refractivity contribution in [3.05, 3.63) is 35.9 Å². The second-order valence-electron chi connectivity index (χ2n) is 11.6. The van der Waals surface area contributed by atoms with Gasteiger partial charge in [0.2, 0.25) is 23.6 Å². The number of rotatable bonds is 22. The Labute approximate surface area is 311 Å². The topological polar surface area (TPSA) is 360 Å². The van der Waals surface area contributed by atoms with Crippen LogP contribution in [0, 0.1) is 0 Å². The summed E-state index contributed by atoms with van der Waals surface area (Å²) in [5.74, 6) is -14.0. The van der Waals surface area contributed by atoms with Gasteiger partial charge in [0.05, 0.1) is 38.5 Å². The van der Waals surface area contributed by atoms with Gasteiger partial charge in [-0.15, -0.1) is 0 Å². The summed E-state index contributed by atoms with van der Waals surface area (Å²) in [6, 6.07) is 2.15. The number of carboxylic acid groups (broad SMARTS) is 4. The molecule has 4 amide bonds. The van der Waals surface area contributed by atoms with Gasteiger partial charge >= 0.3 is 35.8 Å². The Balaban J connectivity index is 0.00000107. The van der Waals surface area contributed by atoms with E-state index in [-0.39, 0.29) is 6.42 Å². The summed E-state index contributed by atoms with van der Waals surface area (Å²) in [7, 11) is 0. The highest BCUT2D eigenvalue weighted by atomic mass is 16.6. The average Bonchev–Trinajstić information content (AvgIpc) is 3.02. The summed E-state index contributed by atoms with van der Waals surface area (Å²) in [5.41, 5.74) is 0.663. The Hall–Kier alpha value is -6.87. The summed E-state index contributed by atoms with van der Waals surface area (Å²) in [5, 5.41) is 44.2. The highest BCUT2D eigenvalue weighted by Gasteiger charge is 2.31. The first-order valence-corrected chi connectivity index (χ1v) is 15.8. The number of carbonyl (C=O) groups excluding carboxylic acids is 9. The second-order valence-corrected chi connectivity index (χ2v) is 11.6. The number of ketones is 3. The third-order valence-corrected chi connectivity index (χ3v) is 6.37. The maximum atomic E-state index is 12.3. The molecule has 0 aliphatic carbocycles. The lowest BCUT2D eigenvalue weighted by Crippen LogP contribution is -2.53. The van der Waals surface area contributed by atoms with Gasteiger partial charge in [-0.05, 0) is 26.3 Å². The molecule has 0 aliphatic heterocycles. The lowest BCUT2D eigenvalue weighted by molar-refractivity contribution is -0.165. The molecule has 0 saturated carbocycles. The summed E-state index contributed by atoms with van der Waals surface area (Å²) in [6.07, 6.45) is -4.49. The van der Waals surface area contributed by atoms with Crippen molar-refractivity contribution in [1.82, 2.24) is 21.3 Å². The summed E-state index contributed by atoms with van der Waals surface area (Å²) in [4.78, 5) is 148. The van der Waals surface area contributed by atoms with Crippen molar-refractivity contribution in [2.75, 3.05) is 0 Å². The van der Waals surface area contributed by atoms with E-state index in [1.165, 1.54) is 6.92 Å². The van der Waals surface area contributed by atoms with Crippen LogP contribution < -0.4 is 21.3 Å². The quantitative estimate of drug-likeness (QED) is 0.0452. The molecule has 0 saturated heterocycles. The van der Waals surface area contributed by atoms with E-state index in [0.717, 1.165) is 13.8 Å². The first-order chi connectivity index (χ1) is 25.5. The van der Waals surface area contributed by atoms with Crippen LogP contribution in [0.3, 0.4) is 0 Å². The molecule has 8 N–H and O–H groups in total. The fourth-order valence-corrected chi connectivity index (χ4v) is 4.08. The molecule has 0 radical (unpaired) electrons. The molecule has 1 aromatic carbocycles. The van der Waals surface area contributed by atoms with Crippen LogP contribution in [0.5, 0.6) is 0 Å². The van der Waals surface area contributed by atoms with E-state index in [9.17, 15) is 67.4 Å². The summed E-state index contributed by atoms with van der Waals surface area (Å²) < 4.78 is 4.34. The molecule has 22 nitrogen and oxygen atoms in total. The third-order valence-electron chi connectivity index (χ3n) is 6.37. The van der Waals surface area contributed by atoms with E-state index in [4.69, 9.17) is 15.3 Å². The first-order valence-electron chi connectivity index (χ1n) is 15.8. The number of ether oxygens (including phenoxy) is 1. The Kier molecular flexibility index (Phi) is 21.3. The van der Waals surface area contributed by atoms with Crippen LogP contribution >= 0.6 is 0 Å². The molecule has 55 heavy (non-hydrogen) atoms. The standard InChI is InChI=1S/C17H20N2O7.C16H20N2O11/c1-10(20)7-14(21)18-12(9-15(22)23)16(24)19-13(17(25)26)8-11-5-3-2-4-6-11;1-7(19)3-11(21)17-9(15(26)27)6-14(25)29-16(28)10(5-13(23)24)18-12(22)4-8(2)20/h2-6,12-13H,7-9H2,1H3,(H,18,21)(H,19,24)(H,22,23)(H,25,26);9-10H,3-6H2,1-2H3,(H,17,21)(H,18,22)(H,23,24)(H,26,27)/t12-,13-;9-,10-/m00/s1. The molecule has 22 heteroatoms. The zero-order valence-corrected chi connectivity index (χ0v) is 29.7. The molecule has 300 valence electrons. The van der Waals surface area contributed by atoms with Crippen molar-refractivity contribution < 1.29 is 87.5 Å². The van der Waals surface area contributed by atoms with Crippen molar-refractivity contribution in [2.45, 2.75) is 89.9 Å². The molecule has 0 bridgehead atoms. The lowest BCUT2D eigenvalue weighted by atomic mass is 10.1. The average molecular weight is 781 g/mol. The maximum Gasteiger partial charge on any atom is 0.336 e. The van der Waals surface area contributed by atoms with Crippen LogP contribution in [0.4, 0.5) is 0 Å². The molecule has 1 rings (SSSR count). The van der Waals surface area contributed by atoms with Crippen LogP contribution in [-0.4, -0.2) is 121 Å². The molecule has 0 unspecified atom stereocenters. The largest absolute Gasteiger partial charge is 0.481 e. The van der Waals surface area contributed by atoms with Crippen LogP contribution in [0.15, 0.2) is 30.3 Å². The molecular weight excluding hydrogens is 740 g/mol. The van der Waals surface area contributed by atoms with Crippen LogP contribution in [0.25, 0.3) is 0 Å². The highest BCUT2D eigenvalue weighted by Crippen LogP contribution is 2.06. The van der Waals surface area contributed by atoms with Gasteiger partial charge in [0, 0.05) is 6.42 Å². The van der Waals surface area contributed by atoms with Gasteiger partial charge in [0.1, 0.15) is 41.5 Å². The fraction of sp³-hybridized carbons (Fsp3) is 0.424. The number of carboxylic acids is 4. The fourth-order valence-electron chi connectivity index (χ4n) is 4.08. The van der Waals surface area contributed by atoms with Crippen molar-refractivity contribution in [2.24, 2.45) is 0 Å². The van der Waals surface area contributed by atoms with Gasteiger partial charge in [0.15, 0.2) is 0 Å². The molecule has 0 aromatic heterocycles. The highest BCUT2D eigenvalue weighted by molar-refractivity contribution is 6.01. The predicted octanol–water partition coefficient (Wildman–Crippen LogP) is -2.33. The van der Waals surface area contributed by atoms with Crippen LogP contribution in [0.2, 0.25) is 0 Å². The molecule has 0 fully saturated rings. The first kappa shape index (κ1) is 48.1. The molecule has 0 aliphatic rings. The van der Waals surface area contributed by atoms with Crippen molar-refractivity contribution >= 4 is 76.8 Å². The van der Waals surface area contributed by atoms with Crippen molar-refractivity contribution in [1.29, 1.82) is 0 Å². The molecule has 4 atom stereocenters. The third kappa shape index (κ3) is 22.6. The molecule has 0 spiro atoms. The molecular formula is C33H40N4O18. The van der Waals surface area contributed by atoms with Gasteiger partial charge < -0.3 is 46.4 Å². The smallest absolute Gasteiger partial charge is 0.336 e. The van der Waals surface area contributed by atoms with E-state index in [0.29, 0.717) is 5.56 Å². The Morgan fingerprint density at radius 1 is 0.527 bits per heavy atom. The lowest BCUT2D eigenvalue weighted by Gasteiger charge is -2.20. The van der Waals surface area contributed by atoms with Gasteiger partial charge in [0.25, 0.3) is 0 Å². The molecule has 1 aromatic rings. The van der Waals surface area contributed by atoms with Crippen molar-refractivity contribution in [3.63, 3.8) is 0 Å². The van der Waals surface area contributed by atoms with E-state index in [2.05, 4.69) is 15.4 Å². The Morgan fingerprint density at radius 2 is 0.927 bits per heavy atom. The number of carbonyl (C=O) groups is 13. The summed E-state index contributed by atoms with van der Waals surface area (Å²) >= 11 is 0. The van der Waals surface area contributed by atoms with Gasteiger partial charge in [-0.2, -0.15) is 0 Å². The number of amides is 4. The minimum atomic E-state index is -1.81. The summed E-state index contributed by atoms with van der Waals surface area (Å²) in [6.45, 7) is 3.34. The number of benzene rings is 1. The Bertz CT molecular complexity index is 1660. The van der Waals surface area contributed by atoms with Gasteiger partial charge in [-0.25, -0.2) is 14.4 Å². The number of hydrogen-bond donors (Lipinski definition) is 8. The van der Waals surface area contributed by atoms with Crippen LogP contribution in [-0.2, 0) is 73.5 Å². The zero-order valence-electron chi connectivity index (χ0n) is 29.7. The van der Waals surface area contributed by atoms with Gasteiger partial charge in [-0.3, -0.25) is 47.9 Å². The predicted molar refractivity (Wildman–Crippen MR) is 179 cm³/mol. The van der Waals surface area contributed by atoms with Gasteiger partial charge in [-0.1, -0.05) is 30.3 Å². The van der Waals surface area contributed by atoms with E-state index < -0.39 is 139 Å². The zero-order chi connectivity index (χ0) is 42.4.